The maximum absolute atomic E-state index is 13.3. The van der Waals surface area contributed by atoms with Crippen LogP contribution in [-0.4, -0.2) is 122 Å². The number of ether oxygens (including phenoxy) is 1. The summed E-state index contributed by atoms with van der Waals surface area (Å²) in [5.74, 6) is 3.89. The van der Waals surface area contributed by atoms with E-state index >= 15 is 0 Å². The van der Waals surface area contributed by atoms with E-state index in [1.165, 1.54) is 162 Å². The lowest BCUT2D eigenvalue weighted by Gasteiger charge is -2.33. The SMILES string of the molecule is COc1ccc(CN2CCC(Cc3cccc4cnccc34)C2)cc1N.Cc1ccc(CN2CCC(Cc3cccc4cnccc34)C2)cc1N.Nc1cc(CN2CCC(Cc3cccc4cnccc34)C2)ccc1Cl.Nc1cc(CN2CCC(Cc3cccc4cnccc34)C2)ccc1F.Nc1cccc(CN2CCCC(Cc3cccc4cnccc34)C2)c1. The van der Waals surface area contributed by atoms with E-state index in [-0.39, 0.29) is 11.5 Å². The van der Waals surface area contributed by atoms with Crippen molar-refractivity contribution in [3.8, 4) is 5.75 Å². The van der Waals surface area contributed by atoms with Gasteiger partial charge in [-0.3, -0.25) is 49.4 Å². The molecule has 0 saturated carbocycles. The molecule has 10 heterocycles. The standard InChI is InChI=1S/C22H25N3O.2C22H25N3.C21H22ClN3.C21H22FN3/c1-26-22-6-5-16(12-21(22)23)14-25-10-8-17(15-25)11-18-3-2-4-19-13-24-9-7-20(18)19;23-21-8-1-4-18(13-21)16-25-11-3-5-17(15-25)12-19-6-2-7-20-14-24-10-9-22(19)20;1-16-5-6-17(12-22(16)23)14-25-10-8-18(15-25)11-19-3-2-4-20-13-24-9-7-21(19)20;2*22-20-5-4-15(11-21(20)23)13-25-9-7-16(14-25)10-17-2-1-3-18-12-24-8-6-19(17)18/h2-7,9,12-13,17H,8,10-11,14-15,23H2,1H3;1-2,4,6-10,13-14,17H,3,5,11-12,15-16,23H2;2-7,9,12-13,18H,8,10-11,14-15,23H2,1H3;2*1-6,8,11-12,16H,7,9-10,13-14,23H2. The van der Waals surface area contributed by atoms with Crippen molar-refractivity contribution in [2.45, 2.75) is 110 Å². The van der Waals surface area contributed by atoms with Crippen molar-refractivity contribution in [3.05, 3.63) is 352 Å². The zero-order valence-electron chi connectivity index (χ0n) is 72.9. The molecule has 16 nitrogen and oxygen atoms in total. The second-order valence-electron chi connectivity index (χ2n) is 35.6. The molecule has 10 aromatic carbocycles. The highest BCUT2D eigenvalue weighted by Gasteiger charge is 2.29. The van der Waals surface area contributed by atoms with E-state index < -0.39 is 0 Å². The molecule has 5 fully saturated rings. The van der Waals surface area contributed by atoms with E-state index in [1.54, 1.807) is 13.2 Å². The van der Waals surface area contributed by atoms with Crippen LogP contribution in [0.25, 0.3) is 53.9 Å². The van der Waals surface area contributed by atoms with Crippen molar-refractivity contribution in [2.75, 3.05) is 101 Å². The Balaban J connectivity index is 0.000000116. The second kappa shape index (κ2) is 42.4. The van der Waals surface area contributed by atoms with Gasteiger partial charge in [0.1, 0.15) is 11.6 Å². The summed E-state index contributed by atoms with van der Waals surface area (Å²) < 4.78 is 18.5. The molecule has 5 atom stereocenters. The summed E-state index contributed by atoms with van der Waals surface area (Å²) >= 11 is 6.02. The smallest absolute Gasteiger partial charge is 0.146 e. The van der Waals surface area contributed by atoms with Gasteiger partial charge in [0.15, 0.2) is 0 Å². The van der Waals surface area contributed by atoms with Crippen LogP contribution in [0.3, 0.4) is 0 Å². The van der Waals surface area contributed by atoms with Gasteiger partial charge in [0.2, 0.25) is 0 Å². The minimum absolute atomic E-state index is 0.234. The first-order valence-corrected chi connectivity index (χ1v) is 45.3. The fourth-order valence-electron chi connectivity index (χ4n) is 19.8. The summed E-state index contributed by atoms with van der Waals surface area (Å²) in [7, 11) is 1.65. The number of hydrogen-bond donors (Lipinski definition) is 5. The van der Waals surface area contributed by atoms with Crippen LogP contribution < -0.4 is 33.4 Å². The highest BCUT2D eigenvalue weighted by Crippen LogP contribution is 2.35. The fraction of sp³-hybridized carbons (Fsp3) is 0.306. The van der Waals surface area contributed by atoms with E-state index in [0.29, 0.717) is 40.1 Å². The monoisotopic (exact) mass is 1700 g/mol. The molecule has 0 spiro atoms. The maximum atomic E-state index is 13.3. The van der Waals surface area contributed by atoms with E-state index in [1.807, 2.05) is 98.4 Å². The Labute approximate surface area is 747 Å². The van der Waals surface area contributed by atoms with Crippen molar-refractivity contribution in [3.63, 3.8) is 0 Å². The number of aryl methyl sites for hydroxylation is 1. The first-order valence-electron chi connectivity index (χ1n) is 45.0. The first-order chi connectivity index (χ1) is 61.6. The number of aromatic nitrogens is 5. The number of piperidine rings is 1. The number of halogens is 2. The van der Waals surface area contributed by atoms with Crippen LogP contribution in [0, 0.1) is 42.3 Å². The zero-order chi connectivity index (χ0) is 86.7. The molecule has 18 heteroatoms. The quantitative estimate of drug-likeness (QED) is 0.0422. The van der Waals surface area contributed by atoms with Crippen LogP contribution in [0.4, 0.5) is 32.8 Å². The Kier molecular flexibility index (Phi) is 29.4. The van der Waals surface area contributed by atoms with Gasteiger partial charge >= 0.3 is 0 Å². The number of nitrogens with two attached hydrogens (primary N) is 5. The van der Waals surface area contributed by atoms with Crippen molar-refractivity contribution >= 4 is 93.9 Å². The van der Waals surface area contributed by atoms with Crippen LogP contribution >= 0.6 is 11.6 Å². The van der Waals surface area contributed by atoms with Crippen LogP contribution in [0.1, 0.15) is 99.7 Å². The van der Waals surface area contributed by atoms with E-state index in [0.717, 1.165) is 151 Å². The van der Waals surface area contributed by atoms with Crippen LogP contribution in [-0.2, 0) is 64.8 Å². The number of pyridine rings is 5. The molecule has 5 aromatic heterocycles. The number of benzene rings is 10. The topological polar surface area (TPSA) is 220 Å². The highest BCUT2D eigenvalue weighted by molar-refractivity contribution is 6.33. The number of fused-ring (bicyclic) bond motifs is 5. The number of nitrogens with zero attached hydrogens (tertiary/aromatic N) is 10. The molecule has 5 aliphatic rings. The Morgan fingerprint density at radius 1 is 0.333 bits per heavy atom. The molecule has 20 rings (SSSR count). The lowest BCUT2D eigenvalue weighted by molar-refractivity contribution is 0.167. The van der Waals surface area contributed by atoms with Crippen molar-refractivity contribution < 1.29 is 9.13 Å². The highest BCUT2D eigenvalue weighted by atomic mass is 35.5. The van der Waals surface area contributed by atoms with Gasteiger partial charge in [-0.25, -0.2) is 4.39 Å². The Hall–Kier alpha value is -11.9. The second-order valence-corrected chi connectivity index (χ2v) is 36.0. The number of methoxy groups -OCH3 is 1. The molecule has 5 aliphatic heterocycles. The molecule has 646 valence electrons. The molecule has 0 radical (unpaired) electrons. The molecule has 0 aliphatic carbocycles. The average Bonchev–Trinajstić information content (AvgIpc) is 1.35. The summed E-state index contributed by atoms with van der Waals surface area (Å²) in [5.41, 5.74) is 47.5. The van der Waals surface area contributed by atoms with Crippen molar-refractivity contribution in [2.24, 2.45) is 29.6 Å². The van der Waals surface area contributed by atoms with Gasteiger partial charge in [0.05, 0.1) is 29.2 Å². The molecular weight excluding hydrogens is 1580 g/mol. The summed E-state index contributed by atoms with van der Waals surface area (Å²) in [5, 5.41) is 13.5. The summed E-state index contributed by atoms with van der Waals surface area (Å²) in [6, 6.07) is 75.2. The summed E-state index contributed by atoms with van der Waals surface area (Å²) in [4.78, 5) is 33.8. The third-order valence-corrected chi connectivity index (χ3v) is 26.6. The fourth-order valence-corrected chi connectivity index (χ4v) is 19.9. The van der Waals surface area contributed by atoms with Gasteiger partial charge in [0.25, 0.3) is 0 Å². The third-order valence-electron chi connectivity index (χ3n) is 26.2. The molecule has 5 unspecified atom stereocenters. The lowest BCUT2D eigenvalue weighted by Crippen LogP contribution is -2.35. The number of likely N-dealkylation sites (tertiary alicyclic amines) is 5. The predicted octanol–water partition coefficient (Wildman–Crippen LogP) is 20.9. The molecule has 10 N–H and O–H groups in total. The molecular formula is C108H119ClFN15O. The normalized spacial score (nSPS) is 18.0. The number of anilines is 5. The van der Waals surface area contributed by atoms with Gasteiger partial charge in [-0.05, 0) is 313 Å². The van der Waals surface area contributed by atoms with Gasteiger partial charge in [0, 0.05) is 166 Å². The lowest BCUT2D eigenvalue weighted by atomic mass is 9.89. The van der Waals surface area contributed by atoms with E-state index in [9.17, 15) is 4.39 Å². The van der Waals surface area contributed by atoms with E-state index in [2.05, 4.69) is 226 Å². The van der Waals surface area contributed by atoms with E-state index in [4.69, 9.17) is 45.0 Å². The largest absolute Gasteiger partial charge is 0.495 e. The zero-order valence-corrected chi connectivity index (χ0v) is 73.6. The number of hydrogen-bond acceptors (Lipinski definition) is 16. The van der Waals surface area contributed by atoms with Crippen LogP contribution in [0.5, 0.6) is 5.75 Å². The summed E-state index contributed by atoms with van der Waals surface area (Å²) in [6.45, 7) is 18.2. The molecule has 15 aromatic rings. The molecule has 0 amide bonds. The molecule has 126 heavy (non-hydrogen) atoms. The first kappa shape index (κ1) is 87.5. The van der Waals surface area contributed by atoms with Gasteiger partial charge in [-0.15, -0.1) is 0 Å². The predicted molar refractivity (Wildman–Crippen MR) is 519 cm³/mol. The maximum Gasteiger partial charge on any atom is 0.146 e. The van der Waals surface area contributed by atoms with Gasteiger partial charge in [-0.2, -0.15) is 0 Å². The minimum atomic E-state index is -0.339. The van der Waals surface area contributed by atoms with Gasteiger partial charge in [-0.1, -0.05) is 145 Å². The Bertz CT molecular complexity index is 5790. The average molecular weight is 1700 g/mol. The molecule has 0 bridgehead atoms. The van der Waals surface area contributed by atoms with Gasteiger partial charge < -0.3 is 33.4 Å². The number of nitrogen functional groups attached to an aromatic ring is 5. The Morgan fingerprint density at radius 3 is 1.00 bits per heavy atom. The summed E-state index contributed by atoms with van der Waals surface area (Å²) in [6.07, 6.45) is 32.4. The third kappa shape index (κ3) is 23.4. The van der Waals surface area contributed by atoms with Crippen molar-refractivity contribution in [1.82, 2.24) is 49.4 Å². The number of rotatable bonds is 21. The molecule has 5 saturated heterocycles. The minimum Gasteiger partial charge on any atom is -0.495 e. The van der Waals surface area contributed by atoms with Crippen molar-refractivity contribution in [1.29, 1.82) is 0 Å². The van der Waals surface area contributed by atoms with Crippen LogP contribution in [0.15, 0.2) is 280 Å². The Morgan fingerprint density at radius 2 is 0.651 bits per heavy atom. The van der Waals surface area contributed by atoms with Crippen LogP contribution in [0.2, 0.25) is 5.02 Å².